The molecule has 4 rings (SSSR count). The molecule has 0 radical (unpaired) electrons. The fourth-order valence-corrected chi connectivity index (χ4v) is 5.27. The smallest absolute Gasteiger partial charge is 0.244 e. The minimum atomic E-state index is -3.43. The molecule has 2 aliphatic rings. The summed E-state index contributed by atoms with van der Waals surface area (Å²) in [6, 6.07) is 4.90. The molecule has 0 bridgehead atoms. The highest BCUT2D eigenvalue weighted by molar-refractivity contribution is 7.88. The summed E-state index contributed by atoms with van der Waals surface area (Å²) in [5.41, 5.74) is 1.57. The monoisotopic (exact) mass is 423 g/mol. The number of sulfonamides is 1. The minimum Gasteiger partial charge on any atom is -0.486 e. The molecule has 1 amide bonds. The second kappa shape index (κ2) is 7.69. The van der Waals surface area contributed by atoms with E-state index in [0.717, 1.165) is 24.7 Å². The number of hydrogen-bond acceptors (Lipinski definition) is 7. The number of nitrogens with one attached hydrogen (secondary N) is 1. The molecule has 28 heavy (non-hydrogen) atoms. The van der Waals surface area contributed by atoms with Crippen LogP contribution in [0.3, 0.4) is 0 Å². The second-order valence-electron chi connectivity index (χ2n) is 6.77. The first-order valence-corrected chi connectivity index (χ1v) is 11.8. The number of carbonyl (C=O) groups is 1. The first-order valence-electron chi connectivity index (χ1n) is 9.05. The Balaban J connectivity index is 1.49. The lowest BCUT2D eigenvalue weighted by Crippen LogP contribution is -2.49. The van der Waals surface area contributed by atoms with E-state index in [2.05, 4.69) is 10.3 Å². The van der Waals surface area contributed by atoms with Crippen molar-refractivity contribution in [2.75, 3.05) is 31.3 Å². The fraction of sp³-hybridized carbons (Fsp3) is 0.444. The highest BCUT2D eigenvalue weighted by Gasteiger charge is 2.34. The summed E-state index contributed by atoms with van der Waals surface area (Å²) in [5, 5.41) is 5.05. The van der Waals surface area contributed by atoms with Crippen molar-refractivity contribution in [1.29, 1.82) is 0 Å². The molecule has 1 N–H and O–H groups in total. The van der Waals surface area contributed by atoms with Crippen molar-refractivity contribution >= 4 is 32.4 Å². The SMILES string of the molecule is CS(=O)(=O)N1CCCCC1C(=O)Nc1nc(-c2ccc3c(c2)OCCO3)cs1. The Hall–Kier alpha value is -2.17. The van der Waals surface area contributed by atoms with Crippen LogP contribution in [0.5, 0.6) is 11.5 Å². The number of rotatable bonds is 4. The van der Waals surface area contributed by atoms with Gasteiger partial charge in [0.2, 0.25) is 15.9 Å². The maximum atomic E-state index is 12.7. The van der Waals surface area contributed by atoms with E-state index in [1.807, 2.05) is 23.6 Å². The summed E-state index contributed by atoms with van der Waals surface area (Å²) in [7, 11) is -3.43. The van der Waals surface area contributed by atoms with Gasteiger partial charge in [-0.05, 0) is 31.0 Å². The average molecular weight is 424 g/mol. The molecule has 1 unspecified atom stereocenters. The standard InChI is InChI=1S/C18H21N3O5S2/c1-28(23,24)21-7-3-2-4-14(21)17(22)20-18-19-13(11-27-18)12-5-6-15-16(10-12)26-9-8-25-15/h5-6,10-11,14H,2-4,7-9H2,1H3,(H,19,20,22). The van der Waals surface area contributed by atoms with Crippen LogP contribution < -0.4 is 14.8 Å². The van der Waals surface area contributed by atoms with Crippen molar-refractivity contribution in [1.82, 2.24) is 9.29 Å². The van der Waals surface area contributed by atoms with Gasteiger partial charge in [0.15, 0.2) is 16.6 Å². The van der Waals surface area contributed by atoms with Crippen molar-refractivity contribution in [3.05, 3.63) is 23.6 Å². The maximum Gasteiger partial charge on any atom is 0.244 e. The summed E-state index contributed by atoms with van der Waals surface area (Å²) in [6.45, 7) is 1.41. The molecule has 3 heterocycles. The Bertz CT molecular complexity index is 989. The van der Waals surface area contributed by atoms with Crippen LogP contribution in [0.25, 0.3) is 11.3 Å². The van der Waals surface area contributed by atoms with Gasteiger partial charge in [-0.15, -0.1) is 11.3 Å². The zero-order chi connectivity index (χ0) is 19.7. The Kier molecular flexibility index (Phi) is 5.26. The van der Waals surface area contributed by atoms with Gasteiger partial charge in [0, 0.05) is 17.5 Å². The van der Waals surface area contributed by atoms with Crippen molar-refractivity contribution in [3.63, 3.8) is 0 Å². The zero-order valence-corrected chi connectivity index (χ0v) is 17.0. The van der Waals surface area contributed by atoms with E-state index in [1.165, 1.54) is 15.6 Å². The molecule has 0 spiro atoms. The number of amides is 1. The number of fused-ring (bicyclic) bond motifs is 1. The lowest BCUT2D eigenvalue weighted by atomic mass is 10.0. The first kappa shape index (κ1) is 19.2. The molecule has 1 aromatic heterocycles. The summed E-state index contributed by atoms with van der Waals surface area (Å²) < 4.78 is 36.3. The van der Waals surface area contributed by atoms with Gasteiger partial charge in [-0.2, -0.15) is 4.31 Å². The number of piperidine rings is 1. The van der Waals surface area contributed by atoms with Crippen LogP contribution in [0.1, 0.15) is 19.3 Å². The van der Waals surface area contributed by atoms with Gasteiger partial charge < -0.3 is 14.8 Å². The maximum absolute atomic E-state index is 12.7. The van der Waals surface area contributed by atoms with Gasteiger partial charge in [0.1, 0.15) is 19.3 Å². The molecule has 2 aromatic rings. The van der Waals surface area contributed by atoms with Gasteiger partial charge in [-0.25, -0.2) is 13.4 Å². The predicted molar refractivity (Wildman–Crippen MR) is 106 cm³/mol. The third kappa shape index (κ3) is 3.98. The fourth-order valence-electron chi connectivity index (χ4n) is 3.42. The Morgan fingerprint density at radius 2 is 2.04 bits per heavy atom. The van der Waals surface area contributed by atoms with Crippen molar-refractivity contribution < 1.29 is 22.7 Å². The second-order valence-corrected chi connectivity index (χ2v) is 9.56. The molecule has 8 nitrogen and oxygen atoms in total. The molecule has 150 valence electrons. The number of nitrogens with zero attached hydrogens (tertiary/aromatic N) is 2. The number of ether oxygens (including phenoxy) is 2. The van der Waals surface area contributed by atoms with E-state index in [4.69, 9.17) is 9.47 Å². The Morgan fingerprint density at radius 3 is 2.82 bits per heavy atom. The van der Waals surface area contributed by atoms with Gasteiger partial charge >= 0.3 is 0 Å². The van der Waals surface area contributed by atoms with Crippen LogP contribution in [0.15, 0.2) is 23.6 Å². The topological polar surface area (TPSA) is 97.8 Å². The number of carbonyl (C=O) groups excluding carboxylic acids is 1. The summed E-state index contributed by atoms with van der Waals surface area (Å²) in [6.07, 6.45) is 3.24. The molecule has 1 atom stereocenters. The number of aromatic nitrogens is 1. The number of thiazole rings is 1. The molecule has 0 saturated carbocycles. The third-order valence-corrected chi connectivity index (χ3v) is 6.80. The van der Waals surface area contributed by atoms with Crippen molar-refractivity contribution in [2.45, 2.75) is 25.3 Å². The van der Waals surface area contributed by atoms with E-state index >= 15 is 0 Å². The summed E-state index contributed by atoms with van der Waals surface area (Å²) in [4.78, 5) is 17.1. The first-order chi connectivity index (χ1) is 13.4. The molecule has 1 aromatic carbocycles. The van der Waals surface area contributed by atoms with E-state index in [1.54, 1.807) is 0 Å². The largest absolute Gasteiger partial charge is 0.486 e. The number of benzene rings is 1. The number of anilines is 1. The minimum absolute atomic E-state index is 0.340. The van der Waals surface area contributed by atoms with E-state index < -0.39 is 16.1 Å². The van der Waals surface area contributed by atoms with Crippen molar-refractivity contribution in [3.8, 4) is 22.8 Å². The van der Waals surface area contributed by atoms with Crippen LogP contribution >= 0.6 is 11.3 Å². The van der Waals surface area contributed by atoms with Crippen LogP contribution in [0.4, 0.5) is 5.13 Å². The Labute approximate surface area is 167 Å². The van der Waals surface area contributed by atoms with Crippen LogP contribution in [-0.2, 0) is 14.8 Å². The predicted octanol–water partition coefficient (Wildman–Crippen LogP) is 2.33. The summed E-state index contributed by atoms with van der Waals surface area (Å²) in [5.74, 6) is 1.04. The van der Waals surface area contributed by atoms with Gasteiger partial charge in [-0.1, -0.05) is 6.42 Å². The molecule has 2 aliphatic heterocycles. The van der Waals surface area contributed by atoms with E-state index in [-0.39, 0.29) is 5.91 Å². The molecular weight excluding hydrogens is 402 g/mol. The Morgan fingerprint density at radius 1 is 1.25 bits per heavy atom. The molecule has 1 saturated heterocycles. The van der Waals surface area contributed by atoms with Gasteiger partial charge in [-0.3, -0.25) is 4.79 Å². The van der Waals surface area contributed by atoms with E-state index in [9.17, 15) is 13.2 Å². The van der Waals surface area contributed by atoms with Crippen LogP contribution in [-0.4, -0.2) is 55.7 Å². The van der Waals surface area contributed by atoms with Gasteiger partial charge in [0.25, 0.3) is 0 Å². The van der Waals surface area contributed by atoms with E-state index in [0.29, 0.717) is 48.5 Å². The third-order valence-electron chi connectivity index (χ3n) is 4.75. The zero-order valence-electron chi connectivity index (χ0n) is 15.4. The average Bonchev–Trinajstić information content (AvgIpc) is 3.15. The normalized spacial score (nSPS) is 20.0. The molecule has 10 heteroatoms. The highest BCUT2D eigenvalue weighted by Crippen LogP contribution is 2.35. The lowest BCUT2D eigenvalue weighted by molar-refractivity contribution is -0.120. The number of hydrogen-bond donors (Lipinski definition) is 1. The van der Waals surface area contributed by atoms with Crippen LogP contribution in [0, 0.1) is 0 Å². The lowest BCUT2D eigenvalue weighted by Gasteiger charge is -2.32. The summed E-state index contributed by atoms with van der Waals surface area (Å²) >= 11 is 1.30. The molecule has 1 fully saturated rings. The van der Waals surface area contributed by atoms with Crippen LogP contribution in [0.2, 0.25) is 0 Å². The molecule has 0 aliphatic carbocycles. The highest BCUT2D eigenvalue weighted by atomic mass is 32.2. The quantitative estimate of drug-likeness (QED) is 0.811. The van der Waals surface area contributed by atoms with Crippen molar-refractivity contribution in [2.24, 2.45) is 0 Å². The van der Waals surface area contributed by atoms with Gasteiger partial charge in [0.05, 0.1) is 11.9 Å². The molecular formula is C18H21N3O5S2.